The number of amides is 3. The van der Waals surface area contributed by atoms with Crippen LogP contribution in [0.1, 0.15) is 37.7 Å². The maximum absolute atomic E-state index is 13.3. The second-order valence-electron chi connectivity index (χ2n) is 8.73. The number of nitrogens with zero attached hydrogens (tertiary/aromatic N) is 1. The highest BCUT2D eigenvalue weighted by atomic mass is 32.1. The summed E-state index contributed by atoms with van der Waals surface area (Å²) in [5.74, 6) is -3.12. The van der Waals surface area contributed by atoms with Crippen LogP contribution in [0.15, 0.2) is 35.3 Å². The van der Waals surface area contributed by atoms with E-state index in [1.807, 2.05) is 6.07 Å². The summed E-state index contributed by atoms with van der Waals surface area (Å²) in [5.41, 5.74) is 22.7. The monoisotopic (exact) mass is 552 g/mol. The van der Waals surface area contributed by atoms with Gasteiger partial charge in [-0.2, -0.15) is 12.6 Å². The molecule has 0 aliphatic carbocycles. The summed E-state index contributed by atoms with van der Waals surface area (Å²) in [7, 11) is 0. The van der Waals surface area contributed by atoms with E-state index >= 15 is 0 Å². The van der Waals surface area contributed by atoms with Crippen LogP contribution in [0.5, 0.6) is 0 Å². The van der Waals surface area contributed by atoms with Gasteiger partial charge in [0, 0.05) is 18.7 Å². The Balaban J connectivity index is 3.10. The second kappa shape index (κ2) is 18.0. The van der Waals surface area contributed by atoms with Crippen LogP contribution >= 0.6 is 12.6 Å². The molecule has 0 saturated heterocycles. The first-order valence-corrected chi connectivity index (χ1v) is 13.0. The van der Waals surface area contributed by atoms with Gasteiger partial charge in [0.2, 0.25) is 17.7 Å². The Morgan fingerprint density at radius 1 is 0.868 bits per heavy atom. The molecular weight excluding hydrogens is 512 g/mol. The third-order valence-electron chi connectivity index (χ3n) is 5.59. The van der Waals surface area contributed by atoms with Crippen LogP contribution < -0.4 is 38.9 Å². The number of nitrogens with two attached hydrogens (primary N) is 4. The van der Waals surface area contributed by atoms with Gasteiger partial charge in [-0.25, -0.2) is 4.79 Å². The largest absolute Gasteiger partial charge is 0.480 e. The van der Waals surface area contributed by atoms with E-state index in [1.54, 1.807) is 24.3 Å². The molecule has 0 fully saturated rings. The Morgan fingerprint density at radius 3 is 2.03 bits per heavy atom. The van der Waals surface area contributed by atoms with Crippen molar-refractivity contribution < 1.29 is 24.3 Å². The van der Waals surface area contributed by atoms with Gasteiger partial charge in [0.1, 0.15) is 18.1 Å². The van der Waals surface area contributed by atoms with Crippen molar-refractivity contribution in [3.05, 3.63) is 35.9 Å². The van der Waals surface area contributed by atoms with Crippen LogP contribution in [0.25, 0.3) is 0 Å². The first-order chi connectivity index (χ1) is 18.1. The average Bonchev–Trinajstić information content (AvgIpc) is 2.89. The van der Waals surface area contributed by atoms with Gasteiger partial charge in [-0.15, -0.1) is 0 Å². The van der Waals surface area contributed by atoms with E-state index in [1.165, 1.54) is 0 Å². The molecule has 0 heterocycles. The van der Waals surface area contributed by atoms with Crippen LogP contribution in [-0.4, -0.2) is 77.8 Å². The molecular formula is C24H40N8O5S. The number of carbonyl (C=O) groups excluding carboxylic acids is 3. The smallest absolute Gasteiger partial charge is 0.326 e. The zero-order chi connectivity index (χ0) is 28.5. The molecule has 0 saturated carbocycles. The maximum atomic E-state index is 13.3. The van der Waals surface area contributed by atoms with Crippen molar-refractivity contribution in [2.45, 2.75) is 62.7 Å². The van der Waals surface area contributed by atoms with Crippen molar-refractivity contribution >= 4 is 42.3 Å². The van der Waals surface area contributed by atoms with Crippen LogP contribution in [0.3, 0.4) is 0 Å². The van der Waals surface area contributed by atoms with Crippen molar-refractivity contribution in [3.8, 4) is 0 Å². The fourth-order valence-electron chi connectivity index (χ4n) is 3.49. The lowest BCUT2D eigenvalue weighted by Crippen LogP contribution is -2.57. The Morgan fingerprint density at radius 2 is 1.45 bits per heavy atom. The minimum absolute atomic E-state index is 0.0634. The van der Waals surface area contributed by atoms with E-state index in [0.29, 0.717) is 25.8 Å². The van der Waals surface area contributed by atoms with Gasteiger partial charge in [0.15, 0.2) is 5.96 Å². The number of aliphatic carboxylic acids is 1. The number of carbonyl (C=O) groups is 4. The van der Waals surface area contributed by atoms with Crippen LogP contribution in [0, 0.1) is 0 Å². The molecule has 12 N–H and O–H groups in total. The fraction of sp³-hybridized carbons (Fsp3) is 0.542. The quantitative estimate of drug-likeness (QED) is 0.0431. The van der Waals surface area contributed by atoms with Gasteiger partial charge < -0.3 is 44.0 Å². The lowest BCUT2D eigenvalue weighted by atomic mass is 10.0. The molecule has 13 nitrogen and oxygen atoms in total. The average molecular weight is 553 g/mol. The van der Waals surface area contributed by atoms with Crippen molar-refractivity contribution in [2.24, 2.45) is 27.9 Å². The van der Waals surface area contributed by atoms with Crippen LogP contribution in [0.2, 0.25) is 0 Å². The highest BCUT2D eigenvalue weighted by molar-refractivity contribution is 7.80. The number of rotatable bonds is 18. The van der Waals surface area contributed by atoms with E-state index in [9.17, 15) is 24.3 Å². The van der Waals surface area contributed by atoms with E-state index in [-0.39, 0.29) is 37.5 Å². The number of thiol groups is 1. The molecule has 0 spiro atoms. The summed E-state index contributed by atoms with van der Waals surface area (Å²) in [6.45, 7) is 0.623. The minimum Gasteiger partial charge on any atom is -0.480 e. The summed E-state index contributed by atoms with van der Waals surface area (Å²) in [5, 5.41) is 17.3. The summed E-state index contributed by atoms with van der Waals surface area (Å²) in [6.07, 6.45) is 1.92. The van der Waals surface area contributed by atoms with E-state index in [0.717, 1.165) is 5.56 Å². The number of carboxylic acid groups (broad SMARTS) is 1. The van der Waals surface area contributed by atoms with E-state index in [4.69, 9.17) is 22.9 Å². The number of benzene rings is 1. The lowest BCUT2D eigenvalue weighted by molar-refractivity contribution is -0.142. The van der Waals surface area contributed by atoms with Gasteiger partial charge in [0.25, 0.3) is 0 Å². The molecule has 4 unspecified atom stereocenters. The summed E-state index contributed by atoms with van der Waals surface area (Å²) < 4.78 is 0. The Labute approximate surface area is 228 Å². The SMILES string of the molecule is NCCCCC(NC(=O)C(Cc1ccccc1)NC(=O)C(CCCN=C(N)N)NC(=O)C(N)CS)C(=O)O. The highest BCUT2D eigenvalue weighted by Gasteiger charge is 2.30. The lowest BCUT2D eigenvalue weighted by Gasteiger charge is -2.25. The first-order valence-electron chi connectivity index (χ1n) is 12.4. The first kappa shape index (κ1) is 32.7. The van der Waals surface area contributed by atoms with Gasteiger partial charge in [0.05, 0.1) is 6.04 Å². The van der Waals surface area contributed by atoms with E-state index in [2.05, 4.69) is 33.6 Å². The summed E-state index contributed by atoms with van der Waals surface area (Å²) in [6, 6.07) is 4.68. The molecule has 38 heavy (non-hydrogen) atoms. The molecule has 14 heteroatoms. The number of carboxylic acids is 1. The molecule has 0 aliphatic heterocycles. The minimum atomic E-state index is -1.19. The number of hydrogen-bond acceptors (Lipinski definition) is 8. The Kier molecular flexibility index (Phi) is 15.5. The second-order valence-corrected chi connectivity index (χ2v) is 9.10. The molecule has 212 valence electrons. The van der Waals surface area contributed by atoms with Gasteiger partial charge in [-0.1, -0.05) is 30.3 Å². The topological polar surface area (TPSA) is 241 Å². The predicted octanol–water partition coefficient (Wildman–Crippen LogP) is -1.79. The fourth-order valence-corrected chi connectivity index (χ4v) is 3.65. The van der Waals surface area contributed by atoms with Crippen molar-refractivity contribution in [1.82, 2.24) is 16.0 Å². The third kappa shape index (κ3) is 12.7. The van der Waals surface area contributed by atoms with Gasteiger partial charge in [-0.3, -0.25) is 19.4 Å². The molecule has 0 aliphatic rings. The number of unbranched alkanes of at least 4 members (excludes halogenated alkanes) is 1. The zero-order valence-corrected chi connectivity index (χ0v) is 22.2. The number of aliphatic imine (C=N–C) groups is 1. The predicted molar refractivity (Wildman–Crippen MR) is 148 cm³/mol. The normalized spacial score (nSPS) is 13.9. The number of guanidine groups is 1. The number of hydrogen-bond donors (Lipinski definition) is 9. The Hall–Kier alpha value is -3.36. The summed E-state index contributed by atoms with van der Waals surface area (Å²) >= 11 is 4.01. The standard InChI is InChI=1S/C24H40N8O5S/c25-11-5-4-9-18(23(36)37)31-22(35)19(13-15-7-2-1-3-8-15)32-21(34)17(10-6-12-29-24(27)28)30-20(33)16(26)14-38/h1-3,7-8,16-19,38H,4-6,9-14,25-26H2,(H,30,33)(H,31,35)(H,32,34)(H,36,37)(H4,27,28,29). The van der Waals surface area contributed by atoms with Crippen molar-refractivity contribution in [2.75, 3.05) is 18.8 Å². The van der Waals surface area contributed by atoms with Crippen LogP contribution in [0.4, 0.5) is 0 Å². The van der Waals surface area contributed by atoms with E-state index < -0.39 is 47.9 Å². The zero-order valence-electron chi connectivity index (χ0n) is 21.3. The molecule has 0 aromatic heterocycles. The molecule has 0 bridgehead atoms. The van der Waals surface area contributed by atoms with Gasteiger partial charge in [-0.05, 0) is 44.2 Å². The highest BCUT2D eigenvalue weighted by Crippen LogP contribution is 2.08. The van der Waals surface area contributed by atoms with Crippen LogP contribution in [-0.2, 0) is 25.6 Å². The molecule has 4 atom stereocenters. The molecule has 1 aromatic rings. The number of nitrogens with one attached hydrogen (secondary N) is 3. The molecule has 1 rings (SSSR count). The molecule has 1 aromatic carbocycles. The maximum Gasteiger partial charge on any atom is 0.326 e. The molecule has 3 amide bonds. The van der Waals surface area contributed by atoms with Crippen molar-refractivity contribution in [1.29, 1.82) is 0 Å². The Bertz CT molecular complexity index is 930. The van der Waals surface area contributed by atoms with Crippen molar-refractivity contribution in [3.63, 3.8) is 0 Å². The molecule has 0 radical (unpaired) electrons. The van der Waals surface area contributed by atoms with Gasteiger partial charge >= 0.3 is 5.97 Å². The third-order valence-corrected chi connectivity index (χ3v) is 5.98. The summed E-state index contributed by atoms with van der Waals surface area (Å²) in [4.78, 5) is 54.5.